The SMILES string of the molecule is Cc1[nH]cc(C(C)(C)C#N)c1/C=C\C=N\O. The molecule has 0 aliphatic rings. The molecule has 0 radical (unpaired) electrons. The number of H-pyrrole nitrogens is 1. The van der Waals surface area contributed by atoms with Crippen molar-refractivity contribution in [1.82, 2.24) is 4.98 Å². The Bertz CT molecular complexity index is 461. The van der Waals surface area contributed by atoms with Gasteiger partial charge in [0.25, 0.3) is 0 Å². The fourth-order valence-corrected chi connectivity index (χ4v) is 1.51. The van der Waals surface area contributed by atoms with Crippen LogP contribution in [0.2, 0.25) is 0 Å². The second kappa shape index (κ2) is 4.67. The summed E-state index contributed by atoms with van der Waals surface area (Å²) in [6.45, 7) is 5.67. The average Bonchev–Trinajstić information content (AvgIpc) is 2.62. The molecular formula is C12H15N3O. The number of aromatic nitrogens is 1. The molecule has 1 aromatic heterocycles. The van der Waals surface area contributed by atoms with Gasteiger partial charge in [-0.05, 0) is 38.0 Å². The third-order valence-corrected chi connectivity index (χ3v) is 2.50. The molecule has 84 valence electrons. The lowest BCUT2D eigenvalue weighted by molar-refractivity contribution is 0.322. The number of nitrogens with zero attached hydrogens (tertiary/aromatic N) is 2. The molecule has 1 aromatic rings. The summed E-state index contributed by atoms with van der Waals surface area (Å²) in [6.07, 6.45) is 6.58. The first-order valence-corrected chi connectivity index (χ1v) is 4.96. The summed E-state index contributed by atoms with van der Waals surface area (Å²) in [5.74, 6) is 0. The Kier molecular flexibility index (Phi) is 3.51. The van der Waals surface area contributed by atoms with Gasteiger partial charge in [-0.3, -0.25) is 0 Å². The molecule has 0 aliphatic carbocycles. The number of allylic oxidation sites excluding steroid dienone is 1. The number of aromatic amines is 1. The maximum atomic E-state index is 9.10. The highest BCUT2D eigenvalue weighted by atomic mass is 16.4. The molecule has 4 heteroatoms. The van der Waals surface area contributed by atoms with Crippen molar-refractivity contribution >= 4 is 12.3 Å². The predicted molar refractivity (Wildman–Crippen MR) is 63.5 cm³/mol. The first kappa shape index (κ1) is 12.1. The highest BCUT2D eigenvalue weighted by Gasteiger charge is 2.24. The summed E-state index contributed by atoms with van der Waals surface area (Å²) in [7, 11) is 0. The van der Waals surface area contributed by atoms with Crippen LogP contribution >= 0.6 is 0 Å². The standard InChI is InChI=1S/C12H15N3O/c1-9-10(5-4-6-15-16)11(7-14-9)12(2,3)8-13/h4-7,14,16H,1-3H3/b5-4-,15-6+. The molecule has 2 N–H and O–H groups in total. The molecule has 0 bridgehead atoms. The Hall–Kier alpha value is -2.02. The fraction of sp³-hybridized carbons (Fsp3) is 0.333. The van der Waals surface area contributed by atoms with E-state index >= 15 is 0 Å². The van der Waals surface area contributed by atoms with E-state index in [0.29, 0.717) is 0 Å². The van der Waals surface area contributed by atoms with E-state index in [1.54, 1.807) is 6.08 Å². The minimum atomic E-state index is -0.541. The van der Waals surface area contributed by atoms with Gasteiger partial charge >= 0.3 is 0 Å². The van der Waals surface area contributed by atoms with Crippen LogP contribution < -0.4 is 0 Å². The van der Waals surface area contributed by atoms with E-state index < -0.39 is 5.41 Å². The Labute approximate surface area is 94.9 Å². The lowest BCUT2D eigenvalue weighted by Crippen LogP contribution is -2.14. The van der Waals surface area contributed by atoms with Crippen LogP contribution in [0.4, 0.5) is 0 Å². The monoisotopic (exact) mass is 217 g/mol. The highest BCUT2D eigenvalue weighted by molar-refractivity contribution is 5.79. The van der Waals surface area contributed by atoms with Gasteiger partial charge in [0.1, 0.15) is 0 Å². The Morgan fingerprint density at radius 2 is 2.25 bits per heavy atom. The van der Waals surface area contributed by atoms with Crippen LogP contribution in [0.1, 0.15) is 30.7 Å². The summed E-state index contributed by atoms with van der Waals surface area (Å²) in [5.41, 5.74) is 2.35. The lowest BCUT2D eigenvalue weighted by Gasteiger charge is -2.15. The summed E-state index contributed by atoms with van der Waals surface area (Å²) in [5, 5.41) is 20.3. The molecule has 0 unspecified atom stereocenters. The van der Waals surface area contributed by atoms with Crippen LogP contribution in [0.15, 0.2) is 17.4 Å². The van der Waals surface area contributed by atoms with Crippen LogP contribution in [-0.2, 0) is 5.41 Å². The first-order chi connectivity index (χ1) is 7.53. The van der Waals surface area contributed by atoms with Crippen molar-refractivity contribution in [3.8, 4) is 6.07 Å². The van der Waals surface area contributed by atoms with Gasteiger partial charge in [0, 0.05) is 11.9 Å². The molecule has 0 saturated heterocycles. The summed E-state index contributed by atoms with van der Waals surface area (Å²) in [4.78, 5) is 3.10. The van der Waals surface area contributed by atoms with Gasteiger partial charge in [-0.2, -0.15) is 5.26 Å². The summed E-state index contributed by atoms with van der Waals surface area (Å²) in [6, 6.07) is 2.26. The molecule has 0 fully saturated rings. The Balaban J connectivity index is 3.19. The fourth-order valence-electron chi connectivity index (χ4n) is 1.51. The molecule has 4 nitrogen and oxygen atoms in total. The van der Waals surface area contributed by atoms with Crippen LogP contribution in [0.25, 0.3) is 6.08 Å². The molecule has 1 rings (SSSR count). The largest absolute Gasteiger partial charge is 0.411 e. The zero-order valence-electron chi connectivity index (χ0n) is 9.65. The van der Waals surface area contributed by atoms with Gasteiger partial charge in [0.05, 0.1) is 17.7 Å². The zero-order chi connectivity index (χ0) is 12.2. The minimum absolute atomic E-state index is 0.541. The molecule has 0 amide bonds. The quantitative estimate of drug-likeness (QED) is 0.464. The summed E-state index contributed by atoms with van der Waals surface area (Å²) < 4.78 is 0. The van der Waals surface area contributed by atoms with Gasteiger partial charge in [-0.1, -0.05) is 11.2 Å². The van der Waals surface area contributed by atoms with E-state index in [0.717, 1.165) is 16.8 Å². The van der Waals surface area contributed by atoms with Gasteiger partial charge < -0.3 is 10.2 Å². The number of hydrogen-bond acceptors (Lipinski definition) is 3. The number of hydrogen-bond donors (Lipinski definition) is 2. The second-order valence-corrected chi connectivity index (χ2v) is 4.10. The summed E-state index contributed by atoms with van der Waals surface area (Å²) >= 11 is 0. The van der Waals surface area contributed by atoms with Gasteiger partial charge in [-0.25, -0.2) is 0 Å². The van der Waals surface area contributed by atoms with Crippen molar-refractivity contribution < 1.29 is 5.21 Å². The molecule has 0 atom stereocenters. The third kappa shape index (κ3) is 2.31. The number of nitriles is 1. The second-order valence-electron chi connectivity index (χ2n) is 4.10. The molecular weight excluding hydrogens is 202 g/mol. The molecule has 0 aromatic carbocycles. The van der Waals surface area contributed by atoms with Crippen molar-refractivity contribution in [3.05, 3.63) is 29.1 Å². The first-order valence-electron chi connectivity index (χ1n) is 4.96. The van der Waals surface area contributed by atoms with E-state index in [1.807, 2.05) is 33.0 Å². The number of aryl methyl sites for hydroxylation is 1. The van der Waals surface area contributed by atoms with Gasteiger partial charge in [0.15, 0.2) is 0 Å². The van der Waals surface area contributed by atoms with Crippen LogP contribution in [0.5, 0.6) is 0 Å². The Morgan fingerprint density at radius 1 is 1.56 bits per heavy atom. The van der Waals surface area contributed by atoms with E-state index in [-0.39, 0.29) is 0 Å². The maximum absolute atomic E-state index is 9.10. The van der Waals surface area contributed by atoms with Crippen LogP contribution in [-0.4, -0.2) is 16.4 Å². The van der Waals surface area contributed by atoms with E-state index in [2.05, 4.69) is 16.2 Å². The highest BCUT2D eigenvalue weighted by Crippen LogP contribution is 2.28. The van der Waals surface area contributed by atoms with E-state index in [9.17, 15) is 0 Å². The van der Waals surface area contributed by atoms with Crippen molar-refractivity contribution in [2.24, 2.45) is 5.16 Å². The van der Waals surface area contributed by atoms with Crippen molar-refractivity contribution in [1.29, 1.82) is 5.26 Å². The van der Waals surface area contributed by atoms with Crippen LogP contribution in [0.3, 0.4) is 0 Å². The van der Waals surface area contributed by atoms with Gasteiger partial charge in [0.2, 0.25) is 0 Å². The zero-order valence-corrected chi connectivity index (χ0v) is 9.65. The third-order valence-electron chi connectivity index (χ3n) is 2.50. The van der Waals surface area contributed by atoms with Crippen molar-refractivity contribution in [3.63, 3.8) is 0 Å². The van der Waals surface area contributed by atoms with Crippen molar-refractivity contribution in [2.75, 3.05) is 0 Å². The molecule has 16 heavy (non-hydrogen) atoms. The number of oxime groups is 1. The molecule has 0 aliphatic heterocycles. The van der Waals surface area contributed by atoms with Crippen LogP contribution in [0, 0.1) is 18.3 Å². The maximum Gasteiger partial charge on any atom is 0.0786 e. The van der Waals surface area contributed by atoms with E-state index in [4.69, 9.17) is 10.5 Å². The van der Waals surface area contributed by atoms with Gasteiger partial charge in [-0.15, -0.1) is 0 Å². The normalized spacial score (nSPS) is 12.4. The number of nitrogens with one attached hydrogen (secondary N) is 1. The predicted octanol–water partition coefficient (Wildman–Crippen LogP) is 2.60. The molecule has 0 saturated carbocycles. The Morgan fingerprint density at radius 3 is 2.81 bits per heavy atom. The topological polar surface area (TPSA) is 72.2 Å². The molecule has 1 heterocycles. The smallest absolute Gasteiger partial charge is 0.0786 e. The average molecular weight is 217 g/mol. The lowest BCUT2D eigenvalue weighted by atomic mass is 9.85. The molecule has 0 spiro atoms. The van der Waals surface area contributed by atoms with Crippen molar-refractivity contribution in [2.45, 2.75) is 26.2 Å². The minimum Gasteiger partial charge on any atom is -0.411 e. The number of rotatable bonds is 3. The van der Waals surface area contributed by atoms with E-state index in [1.165, 1.54) is 6.21 Å².